The van der Waals surface area contributed by atoms with Gasteiger partial charge in [-0.1, -0.05) is 66.4 Å². The summed E-state index contributed by atoms with van der Waals surface area (Å²) in [6.07, 6.45) is 4.22. The molecule has 8 heteroatoms. The number of thioether (sulfide) groups is 1. The first-order valence-corrected chi connectivity index (χ1v) is 14.3. The first kappa shape index (κ1) is 26.1. The van der Waals surface area contributed by atoms with E-state index in [9.17, 15) is 4.79 Å². The number of ether oxygens (including phenoxy) is 1. The van der Waals surface area contributed by atoms with Crippen molar-refractivity contribution in [2.24, 2.45) is 0 Å². The number of nitrogens with zero attached hydrogens (tertiary/aromatic N) is 4. The fourth-order valence-corrected chi connectivity index (χ4v) is 5.61. The van der Waals surface area contributed by atoms with Crippen molar-refractivity contribution >= 4 is 35.1 Å². The Balaban J connectivity index is 1.10. The van der Waals surface area contributed by atoms with E-state index in [1.807, 2.05) is 60.7 Å². The summed E-state index contributed by atoms with van der Waals surface area (Å²) in [5.41, 5.74) is 5.10. The van der Waals surface area contributed by atoms with Crippen molar-refractivity contribution < 1.29 is 9.53 Å². The molecular weight excluding hydrogens is 518 g/mol. The highest BCUT2D eigenvalue weighted by molar-refractivity contribution is 8.04. The number of anilines is 2. The smallest absolute Gasteiger partial charge is 0.262 e. The molecule has 4 aromatic rings. The van der Waals surface area contributed by atoms with Gasteiger partial charge in [-0.15, -0.1) is 0 Å². The molecule has 1 saturated heterocycles. The van der Waals surface area contributed by atoms with Crippen molar-refractivity contribution in [3.8, 4) is 5.75 Å². The standard InChI is InChI=1S/C32H31N5O2S/c1-36-15-17-37(18-16-36)26-11-7-24(8-12-26)20-30-33-21-28-32(35-30)40-29(31(38)34-28)19-23-9-13-27(14-10-23)39-22-25-5-3-2-4-6-25/h2-14,19,21H,15-18,20,22H2,1H3,(H,34,38)/b29-19+. The lowest BCUT2D eigenvalue weighted by Gasteiger charge is -2.34. The highest BCUT2D eigenvalue weighted by Gasteiger charge is 2.23. The molecule has 1 aromatic heterocycles. The van der Waals surface area contributed by atoms with Gasteiger partial charge in [0.1, 0.15) is 23.2 Å². The van der Waals surface area contributed by atoms with Crippen LogP contribution in [-0.4, -0.2) is 54.0 Å². The number of aromatic nitrogens is 2. The zero-order chi connectivity index (χ0) is 27.3. The van der Waals surface area contributed by atoms with Crippen molar-refractivity contribution in [1.29, 1.82) is 0 Å². The molecule has 0 unspecified atom stereocenters. The van der Waals surface area contributed by atoms with Crippen molar-refractivity contribution in [2.75, 3.05) is 43.4 Å². The summed E-state index contributed by atoms with van der Waals surface area (Å²) in [7, 11) is 2.17. The van der Waals surface area contributed by atoms with Crippen molar-refractivity contribution in [3.63, 3.8) is 0 Å². The van der Waals surface area contributed by atoms with Gasteiger partial charge in [-0.25, -0.2) is 9.97 Å². The van der Waals surface area contributed by atoms with E-state index in [0.717, 1.165) is 59.5 Å². The Bertz CT molecular complexity index is 1500. The van der Waals surface area contributed by atoms with E-state index in [1.165, 1.54) is 17.4 Å². The van der Waals surface area contributed by atoms with Crippen LogP contribution in [0.5, 0.6) is 5.75 Å². The van der Waals surface area contributed by atoms with Gasteiger partial charge in [-0.3, -0.25) is 4.79 Å². The number of amides is 1. The molecule has 0 bridgehead atoms. The molecule has 0 saturated carbocycles. The molecule has 7 nitrogen and oxygen atoms in total. The molecule has 6 rings (SSSR count). The molecule has 1 N–H and O–H groups in total. The van der Waals surface area contributed by atoms with E-state index >= 15 is 0 Å². The van der Waals surface area contributed by atoms with E-state index in [2.05, 4.69) is 51.4 Å². The minimum absolute atomic E-state index is 0.155. The average Bonchev–Trinajstić information content (AvgIpc) is 2.99. The van der Waals surface area contributed by atoms with Gasteiger partial charge in [-0.05, 0) is 54.1 Å². The SMILES string of the molecule is CN1CCN(c2ccc(Cc3ncc4c(n3)S/C(=C/c3ccc(OCc5ccccc5)cc3)C(=O)N4)cc2)CC1. The summed E-state index contributed by atoms with van der Waals surface area (Å²) in [5, 5.41) is 3.69. The molecule has 1 amide bonds. The largest absolute Gasteiger partial charge is 0.489 e. The number of likely N-dealkylation sites (N-methyl/N-ethyl adjacent to an activating group) is 1. The van der Waals surface area contributed by atoms with Crippen LogP contribution in [0.25, 0.3) is 6.08 Å². The van der Waals surface area contributed by atoms with Crippen LogP contribution in [-0.2, 0) is 17.8 Å². The van der Waals surface area contributed by atoms with Crippen LogP contribution < -0.4 is 15.0 Å². The van der Waals surface area contributed by atoms with E-state index in [1.54, 1.807) is 6.20 Å². The molecule has 0 atom stereocenters. The Labute approximate surface area is 238 Å². The topological polar surface area (TPSA) is 70.6 Å². The summed E-state index contributed by atoms with van der Waals surface area (Å²) in [6, 6.07) is 26.5. The lowest BCUT2D eigenvalue weighted by atomic mass is 10.1. The zero-order valence-electron chi connectivity index (χ0n) is 22.4. The molecule has 40 heavy (non-hydrogen) atoms. The Hall–Kier alpha value is -4.14. The maximum atomic E-state index is 12.8. The van der Waals surface area contributed by atoms with Gasteiger partial charge in [0.05, 0.1) is 16.8 Å². The number of carbonyl (C=O) groups excluding carboxylic acids is 1. The molecule has 3 aromatic carbocycles. The summed E-state index contributed by atoms with van der Waals surface area (Å²) in [6.45, 7) is 4.79. The van der Waals surface area contributed by atoms with Gasteiger partial charge < -0.3 is 19.9 Å². The van der Waals surface area contributed by atoms with Crippen molar-refractivity contribution in [3.05, 3.63) is 112 Å². The van der Waals surface area contributed by atoms with E-state index in [0.29, 0.717) is 23.6 Å². The number of nitrogens with one attached hydrogen (secondary N) is 1. The van der Waals surface area contributed by atoms with E-state index in [-0.39, 0.29) is 5.91 Å². The minimum atomic E-state index is -0.155. The summed E-state index contributed by atoms with van der Waals surface area (Å²) in [4.78, 5) is 27.4. The van der Waals surface area contributed by atoms with Crippen LogP contribution in [0.4, 0.5) is 11.4 Å². The Morgan fingerprint density at radius 3 is 2.42 bits per heavy atom. The predicted molar refractivity (Wildman–Crippen MR) is 161 cm³/mol. The van der Waals surface area contributed by atoms with Gasteiger partial charge in [0.2, 0.25) is 0 Å². The fraction of sp³-hybridized carbons (Fsp3) is 0.219. The third-order valence-electron chi connectivity index (χ3n) is 7.08. The Morgan fingerprint density at radius 2 is 1.68 bits per heavy atom. The van der Waals surface area contributed by atoms with Gasteiger partial charge in [0.25, 0.3) is 5.91 Å². The molecule has 0 spiro atoms. The molecule has 0 radical (unpaired) electrons. The second-order valence-electron chi connectivity index (χ2n) is 10.0. The molecule has 3 heterocycles. The first-order valence-electron chi connectivity index (χ1n) is 13.5. The van der Waals surface area contributed by atoms with Crippen LogP contribution in [0.3, 0.4) is 0 Å². The van der Waals surface area contributed by atoms with Crippen LogP contribution in [0, 0.1) is 0 Å². The monoisotopic (exact) mass is 549 g/mol. The van der Waals surface area contributed by atoms with Crippen LogP contribution in [0.2, 0.25) is 0 Å². The average molecular weight is 550 g/mol. The summed E-state index contributed by atoms with van der Waals surface area (Å²) >= 11 is 1.37. The highest BCUT2D eigenvalue weighted by Crippen LogP contribution is 2.37. The van der Waals surface area contributed by atoms with Crippen LogP contribution in [0.15, 0.2) is 95.0 Å². The maximum absolute atomic E-state index is 12.8. The van der Waals surface area contributed by atoms with E-state index < -0.39 is 0 Å². The Kier molecular flexibility index (Phi) is 7.79. The Morgan fingerprint density at radius 1 is 0.925 bits per heavy atom. The molecule has 1 fully saturated rings. The third-order valence-corrected chi connectivity index (χ3v) is 8.10. The number of benzene rings is 3. The zero-order valence-corrected chi connectivity index (χ0v) is 23.2. The van der Waals surface area contributed by atoms with Crippen LogP contribution in [0.1, 0.15) is 22.5 Å². The summed E-state index contributed by atoms with van der Waals surface area (Å²) < 4.78 is 5.88. The van der Waals surface area contributed by atoms with E-state index in [4.69, 9.17) is 9.72 Å². The predicted octanol–water partition coefficient (Wildman–Crippen LogP) is 5.48. The van der Waals surface area contributed by atoms with Gasteiger partial charge in [0, 0.05) is 38.3 Å². The molecule has 0 aliphatic carbocycles. The van der Waals surface area contributed by atoms with Gasteiger partial charge in [0.15, 0.2) is 0 Å². The lowest BCUT2D eigenvalue weighted by molar-refractivity contribution is -0.112. The number of hydrogen-bond acceptors (Lipinski definition) is 7. The maximum Gasteiger partial charge on any atom is 0.262 e. The fourth-order valence-electron chi connectivity index (χ4n) is 4.70. The number of carbonyl (C=O) groups is 1. The molecule has 202 valence electrons. The third kappa shape index (κ3) is 6.35. The molecule has 2 aliphatic rings. The second kappa shape index (κ2) is 11.9. The number of rotatable bonds is 7. The van der Waals surface area contributed by atoms with Crippen LogP contribution >= 0.6 is 11.8 Å². The van der Waals surface area contributed by atoms with Gasteiger partial charge in [-0.2, -0.15) is 0 Å². The number of hydrogen-bond donors (Lipinski definition) is 1. The number of fused-ring (bicyclic) bond motifs is 1. The summed E-state index contributed by atoms with van der Waals surface area (Å²) in [5.74, 6) is 1.36. The highest BCUT2D eigenvalue weighted by atomic mass is 32.2. The van der Waals surface area contributed by atoms with Crippen molar-refractivity contribution in [1.82, 2.24) is 14.9 Å². The number of piperazine rings is 1. The first-order chi connectivity index (χ1) is 19.6. The van der Waals surface area contributed by atoms with Gasteiger partial charge >= 0.3 is 0 Å². The van der Waals surface area contributed by atoms with Crippen molar-refractivity contribution in [2.45, 2.75) is 18.1 Å². The minimum Gasteiger partial charge on any atom is -0.489 e. The second-order valence-corrected chi connectivity index (χ2v) is 11.1. The quantitative estimate of drug-likeness (QED) is 0.242. The molecular formula is C32H31N5O2S. The lowest BCUT2D eigenvalue weighted by Crippen LogP contribution is -2.44. The normalized spacial score (nSPS) is 16.5. The molecule has 2 aliphatic heterocycles.